The monoisotopic (exact) mass is 532 g/mol. The van der Waals surface area contributed by atoms with Crippen molar-refractivity contribution in [3.63, 3.8) is 0 Å². The number of carbonyl (C=O) groups is 1. The van der Waals surface area contributed by atoms with Crippen LogP contribution < -0.4 is 10.2 Å². The smallest absolute Gasteiger partial charge is 0.378 e. The standard InChI is InChI=1S/C25H23F3N4O4S/c1-15-5-6-18(29-24(33)16-3-2-4-17(13-16)25(26,27)28)14-19(15)22-30-20-7-12-37(34,35)21(20)23(31-22)32-8-10-36-11-9-32/h2-6,13-14H,7-12H2,1H3,(H,29,33). The maximum absolute atomic E-state index is 13.1. The van der Waals surface area contributed by atoms with Gasteiger partial charge in [0.1, 0.15) is 4.90 Å². The number of carbonyl (C=O) groups excluding carboxylic acids is 1. The van der Waals surface area contributed by atoms with E-state index < -0.39 is 27.5 Å². The third kappa shape index (κ3) is 5.03. The second kappa shape index (κ2) is 9.42. The minimum absolute atomic E-state index is 0.0378. The lowest BCUT2D eigenvalue weighted by molar-refractivity contribution is -0.137. The first-order chi connectivity index (χ1) is 17.5. The number of ether oxygens (including phenoxy) is 1. The van der Waals surface area contributed by atoms with Gasteiger partial charge in [0, 0.05) is 36.3 Å². The molecule has 2 aliphatic rings. The van der Waals surface area contributed by atoms with E-state index >= 15 is 0 Å². The van der Waals surface area contributed by atoms with Gasteiger partial charge in [-0.3, -0.25) is 4.79 Å². The van der Waals surface area contributed by atoms with Crippen molar-refractivity contribution in [1.82, 2.24) is 9.97 Å². The Kier molecular flexibility index (Phi) is 6.40. The van der Waals surface area contributed by atoms with E-state index in [9.17, 15) is 26.4 Å². The summed E-state index contributed by atoms with van der Waals surface area (Å²) in [4.78, 5) is 24.0. The minimum Gasteiger partial charge on any atom is -0.378 e. The first-order valence-electron chi connectivity index (χ1n) is 11.6. The highest BCUT2D eigenvalue weighted by atomic mass is 32.2. The van der Waals surface area contributed by atoms with Crippen LogP contribution in [-0.2, 0) is 27.2 Å². The topological polar surface area (TPSA) is 101 Å². The number of nitrogens with zero attached hydrogens (tertiary/aromatic N) is 3. The molecule has 194 valence electrons. The summed E-state index contributed by atoms with van der Waals surface area (Å²) in [7, 11) is -3.51. The predicted molar refractivity (Wildman–Crippen MR) is 130 cm³/mol. The van der Waals surface area contributed by atoms with Crippen molar-refractivity contribution in [3.8, 4) is 11.4 Å². The molecule has 0 spiro atoms. The zero-order valence-corrected chi connectivity index (χ0v) is 20.6. The Morgan fingerprint density at radius 1 is 1.08 bits per heavy atom. The Labute approximate surface area is 211 Å². The average Bonchev–Trinajstić information content (AvgIpc) is 3.19. The Morgan fingerprint density at radius 3 is 2.57 bits per heavy atom. The van der Waals surface area contributed by atoms with Gasteiger partial charge < -0.3 is 15.0 Å². The van der Waals surface area contributed by atoms with E-state index in [1.165, 1.54) is 12.1 Å². The van der Waals surface area contributed by atoms with Gasteiger partial charge in [-0.2, -0.15) is 13.2 Å². The van der Waals surface area contributed by atoms with Crippen LogP contribution >= 0.6 is 0 Å². The van der Waals surface area contributed by atoms with Gasteiger partial charge in [-0.1, -0.05) is 12.1 Å². The van der Waals surface area contributed by atoms with Crippen LogP contribution in [0.4, 0.5) is 24.7 Å². The molecule has 1 aromatic heterocycles. The zero-order chi connectivity index (χ0) is 26.4. The molecule has 1 amide bonds. The molecule has 5 rings (SSSR count). The summed E-state index contributed by atoms with van der Waals surface area (Å²) in [6.45, 7) is 3.71. The van der Waals surface area contributed by atoms with E-state index in [1.54, 1.807) is 18.2 Å². The number of rotatable bonds is 4. The van der Waals surface area contributed by atoms with Crippen molar-refractivity contribution < 1.29 is 31.1 Å². The summed E-state index contributed by atoms with van der Waals surface area (Å²) in [6, 6.07) is 9.18. The summed E-state index contributed by atoms with van der Waals surface area (Å²) >= 11 is 0. The van der Waals surface area contributed by atoms with E-state index in [4.69, 9.17) is 4.74 Å². The molecule has 0 saturated carbocycles. The fourth-order valence-corrected chi connectivity index (χ4v) is 6.02. The molecule has 0 aliphatic carbocycles. The molecule has 3 aromatic rings. The first-order valence-corrected chi connectivity index (χ1v) is 13.2. The number of sulfone groups is 1. The summed E-state index contributed by atoms with van der Waals surface area (Å²) in [6.07, 6.45) is -4.29. The van der Waals surface area contributed by atoms with Crippen LogP contribution in [0.5, 0.6) is 0 Å². The molecular weight excluding hydrogens is 509 g/mol. The Morgan fingerprint density at radius 2 is 1.84 bits per heavy atom. The Balaban J connectivity index is 1.51. The number of aromatic nitrogens is 2. The molecule has 1 fully saturated rings. The highest BCUT2D eigenvalue weighted by Gasteiger charge is 2.35. The molecule has 2 aromatic carbocycles. The summed E-state index contributed by atoms with van der Waals surface area (Å²) in [5, 5.41) is 2.63. The van der Waals surface area contributed by atoms with Crippen LogP contribution in [0.1, 0.15) is 27.2 Å². The number of alkyl halides is 3. The molecule has 0 unspecified atom stereocenters. The van der Waals surface area contributed by atoms with Gasteiger partial charge in [0.25, 0.3) is 5.91 Å². The van der Waals surface area contributed by atoms with Crippen LogP contribution in [0.15, 0.2) is 47.4 Å². The maximum Gasteiger partial charge on any atom is 0.416 e. The second-order valence-corrected chi connectivity index (χ2v) is 10.9. The van der Waals surface area contributed by atoms with Crippen molar-refractivity contribution in [1.29, 1.82) is 0 Å². The summed E-state index contributed by atoms with van der Waals surface area (Å²) in [5.74, 6) is -0.0800. The minimum atomic E-state index is -4.57. The normalized spacial score (nSPS) is 16.9. The first kappa shape index (κ1) is 25.2. The molecule has 1 N–H and O–H groups in total. The average molecular weight is 533 g/mol. The molecular formula is C25H23F3N4O4S. The highest BCUT2D eigenvalue weighted by Crippen LogP contribution is 2.36. The van der Waals surface area contributed by atoms with Crippen molar-refractivity contribution >= 4 is 27.2 Å². The Hall–Kier alpha value is -3.51. The number of halogens is 3. The largest absolute Gasteiger partial charge is 0.416 e. The van der Waals surface area contributed by atoms with Crippen molar-refractivity contribution in [3.05, 3.63) is 64.8 Å². The lowest BCUT2D eigenvalue weighted by Crippen LogP contribution is -2.37. The number of morpholine rings is 1. The fraction of sp³-hybridized carbons (Fsp3) is 0.320. The van der Waals surface area contributed by atoms with Gasteiger partial charge in [-0.25, -0.2) is 18.4 Å². The van der Waals surface area contributed by atoms with E-state index in [0.717, 1.165) is 17.7 Å². The van der Waals surface area contributed by atoms with Gasteiger partial charge in [0.05, 0.1) is 30.2 Å². The van der Waals surface area contributed by atoms with Crippen LogP contribution in [0, 0.1) is 6.92 Å². The van der Waals surface area contributed by atoms with Crippen LogP contribution in [0.3, 0.4) is 0 Å². The van der Waals surface area contributed by atoms with E-state index in [-0.39, 0.29) is 22.6 Å². The molecule has 8 nitrogen and oxygen atoms in total. The molecule has 1 saturated heterocycles. The van der Waals surface area contributed by atoms with E-state index in [1.807, 2.05) is 11.8 Å². The lowest BCUT2D eigenvalue weighted by atomic mass is 10.1. The third-order valence-corrected chi connectivity index (χ3v) is 8.12. The van der Waals surface area contributed by atoms with E-state index in [2.05, 4.69) is 15.3 Å². The second-order valence-electron chi connectivity index (χ2n) is 8.88. The molecule has 0 bridgehead atoms. The highest BCUT2D eigenvalue weighted by molar-refractivity contribution is 7.91. The molecule has 2 aliphatic heterocycles. The van der Waals surface area contributed by atoms with Crippen LogP contribution in [0.25, 0.3) is 11.4 Å². The third-order valence-electron chi connectivity index (χ3n) is 6.34. The van der Waals surface area contributed by atoms with Crippen LogP contribution in [-0.4, -0.2) is 56.3 Å². The molecule has 12 heteroatoms. The van der Waals surface area contributed by atoms with Crippen molar-refractivity contribution in [2.24, 2.45) is 0 Å². The van der Waals surface area contributed by atoms with E-state index in [0.29, 0.717) is 54.9 Å². The van der Waals surface area contributed by atoms with Crippen molar-refractivity contribution in [2.45, 2.75) is 24.4 Å². The maximum atomic E-state index is 13.1. The molecule has 0 radical (unpaired) electrons. The number of aryl methyl sites for hydroxylation is 2. The SMILES string of the molecule is Cc1ccc(NC(=O)c2cccc(C(F)(F)F)c2)cc1-c1nc2c(c(N3CCOCC3)n1)S(=O)(=O)CC2. The zero-order valence-electron chi connectivity index (χ0n) is 19.8. The van der Waals surface area contributed by atoms with Gasteiger partial charge >= 0.3 is 6.18 Å². The Bertz CT molecular complexity index is 1490. The summed E-state index contributed by atoms with van der Waals surface area (Å²) in [5.41, 5.74) is 1.10. The molecule has 3 heterocycles. The lowest BCUT2D eigenvalue weighted by Gasteiger charge is -2.29. The van der Waals surface area contributed by atoms with Gasteiger partial charge in [-0.15, -0.1) is 0 Å². The van der Waals surface area contributed by atoms with Crippen molar-refractivity contribution in [2.75, 3.05) is 42.3 Å². The molecule has 0 atom stereocenters. The number of hydrogen-bond donors (Lipinski definition) is 1. The number of amides is 1. The number of fused-ring (bicyclic) bond motifs is 1. The number of benzene rings is 2. The van der Waals surface area contributed by atoms with Gasteiger partial charge in [0.15, 0.2) is 21.5 Å². The quantitative estimate of drug-likeness (QED) is 0.544. The summed E-state index contributed by atoms with van der Waals surface area (Å²) < 4.78 is 70.1. The molecule has 37 heavy (non-hydrogen) atoms. The van der Waals surface area contributed by atoms with Gasteiger partial charge in [0.2, 0.25) is 0 Å². The van der Waals surface area contributed by atoms with Gasteiger partial charge in [-0.05, 0) is 42.8 Å². The number of hydrogen-bond acceptors (Lipinski definition) is 7. The number of nitrogens with one attached hydrogen (secondary N) is 1. The van der Waals surface area contributed by atoms with Crippen LogP contribution in [0.2, 0.25) is 0 Å². The number of anilines is 2. The predicted octanol–water partition coefficient (Wildman–Crippen LogP) is 3.89. The fourth-order valence-electron chi connectivity index (χ4n) is 4.40.